The lowest BCUT2D eigenvalue weighted by Gasteiger charge is -2.27. The van der Waals surface area contributed by atoms with E-state index in [1.54, 1.807) is 13.0 Å². The normalized spacial score (nSPS) is 11.4. The van der Waals surface area contributed by atoms with Crippen LogP contribution in [0.4, 0.5) is 11.6 Å². The third kappa shape index (κ3) is 4.65. The Bertz CT molecular complexity index is 394. The second-order valence-electron chi connectivity index (χ2n) is 4.84. The van der Waals surface area contributed by atoms with E-state index in [1.165, 1.54) is 0 Å². The molecule has 1 aromatic heterocycles. The summed E-state index contributed by atoms with van der Waals surface area (Å²) in [5.41, 5.74) is -0.790. The highest BCUT2D eigenvalue weighted by Gasteiger charge is 2.22. The summed E-state index contributed by atoms with van der Waals surface area (Å²) < 4.78 is 0. The van der Waals surface area contributed by atoms with Crippen molar-refractivity contribution in [2.45, 2.75) is 39.2 Å². The SMILES string of the molecule is CCCNc1cc(NC(C)(CO)CO)nc(CC)n1. The van der Waals surface area contributed by atoms with Crippen molar-refractivity contribution in [2.24, 2.45) is 0 Å². The Hall–Kier alpha value is -1.40. The van der Waals surface area contributed by atoms with E-state index in [0.29, 0.717) is 5.82 Å². The maximum atomic E-state index is 9.30. The number of hydrogen-bond acceptors (Lipinski definition) is 6. The first-order valence-corrected chi connectivity index (χ1v) is 6.68. The Kier molecular flexibility index (Phi) is 5.98. The number of aromatic nitrogens is 2. The van der Waals surface area contributed by atoms with Gasteiger partial charge in [0.1, 0.15) is 17.5 Å². The molecule has 0 aromatic carbocycles. The van der Waals surface area contributed by atoms with Crippen LogP contribution in [-0.4, -0.2) is 45.5 Å². The number of rotatable bonds is 8. The lowest BCUT2D eigenvalue weighted by atomic mass is 10.1. The van der Waals surface area contributed by atoms with Crippen LogP contribution < -0.4 is 10.6 Å². The van der Waals surface area contributed by atoms with Gasteiger partial charge in [0.2, 0.25) is 0 Å². The van der Waals surface area contributed by atoms with Crippen molar-refractivity contribution in [3.8, 4) is 0 Å². The number of aliphatic hydroxyl groups excluding tert-OH is 2. The Labute approximate surface area is 114 Å². The highest BCUT2D eigenvalue weighted by molar-refractivity contribution is 5.49. The highest BCUT2D eigenvalue weighted by atomic mass is 16.3. The van der Waals surface area contributed by atoms with Gasteiger partial charge in [-0.3, -0.25) is 0 Å². The summed E-state index contributed by atoms with van der Waals surface area (Å²) in [6.07, 6.45) is 1.74. The quantitative estimate of drug-likeness (QED) is 0.563. The molecule has 0 radical (unpaired) electrons. The fourth-order valence-electron chi connectivity index (χ4n) is 1.50. The fraction of sp³-hybridized carbons (Fsp3) is 0.692. The van der Waals surface area contributed by atoms with Crippen LogP contribution in [0.15, 0.2) is 6.07 Å². The minimum atomic E-state index is -0.790. The van der Waals surface area contributed by atoms with Gasteiger partial charge >= 0.3 is 0 Å². The van der Waals surface area contributed by atoms with E-state index >= 15 is 0 Å². The minimum Gasteiger partial charge on any atom is -0.394 e. The van der Waals surface area contributed by atoms with E-state index in [4.69, 9.17) is 0 Å². The predicted octanol–water partition coefficient (Wildman–Crippen LogP) is 1.02. The summed E-state index contributed by atoms with van der Waals surface area (Å²) in [7, 11) is 0. The van der Waals surface area contributed by atoms with E-state index in [9.17, 15) is 10.2 Å². The van der Waals surface area contributed by atoms with Gasteiger partial charge < -0.3 is 20.8 Å². The second kappa shape index (κ2) is 7.25. The number of nitrogens with one attached hydrogen (secondary N) is 2. The molecule has 0 aliphatic carbocycles. The molecule has 0 fully saturated rings. The van der Waals surface area contributed by atoms with Gasteiger partial charge in [-0.1, -0.05) is 13.8 Å². The van der Waals surface area contributed by atoms with E-state index in [0.717, 1.165) is 31.0 Å². The molecule has 0 bridgehead atoms. The maximum Gasteiger partial charge on any atom is 0.132 e. The zero-order chi connectivity index (χ0) is 14.3. The van der Waals surface area contributed by atoms with Crippen molar-refractivity contribution >= 4 is 11.6 Å². The average molecular weight is 268 g/mol. The first kappa shape index (κ1) is 15.7. The molecule has 1 rings (SSSR count). The number of hydrogen-bond donors (Lipinski definition) is 4. The monoisotopic (exact) mass is 268 g/mol. The summed E-state index contributed by atoms with van der Waals surface area (Å²) in [4.78, 5) is 8.74. The van der Waals surface area contributed by atoms with Gasteiger partial charge in [-0.25, -0.2) is 9.97 Å². The van der Waals surface area contributed by atoms with Crippen LogP contribution in [0, 0.1) is 0 Å². The summed E-state index contributed by atoms with van der Waals surface area (Å²) in [6, 6.07) is 1.79. The Morgan fingerprint density at radius 3 is 2.32 bits per heavy atom. The first-order chi connectivity index (χ1) is 9.06. The van der Waals surface area contributed by atoms with Crippen molar-refractivity contribution in [2.75, 3.05) is 30.4 Å². The standard InChI is InChI=1S/C13H24N4O2/c1-4-6-14-11-7-12(16-10(5-2)15-11)17-13(3,8-18)9-19/h7,18-19H,4-6,8-9H2,1-3H3,(H2,14,15,16,17). The van der Waals surface area contributed by atoms with Gasteiger partial charge in [-0.05, 0) is 13.3 Å². The van der Waals surface area contributed by atoms with Crippen LogP contribution in [0.1, 0.15) is 33.0 Å². The summed E-state index contributed by atoms with van der Waals surface area (Å²) >= 11 is 0. The molecule has 0 saturated carbocycles. The average Bonchev–Trinajstić information content (AvgIpc) is 2.44. The molecule has 0 aliphatic heterocycles. The van der Waals surface area contributed by atoms with Gasteiger partial charge in [0, 0.05) is 19.0 Å². The third-order valence-electron chi connectivity index (χ3n) is 2.77. The molecule has 6 nitrogen and oxygen atoms in total. The van der Waals surface area contributed by atoms with Crippen molar-refractivity contribution in [3.05, 3.63) is 11.9 Å². The molecule has 4 N–H and O–H groups in total. The molecule has 0 aliphatic rings. The smallest absolute Gasteiger partial charge is 0.132 e. The number of nitrogens with zero attached hydrogens (tertiary/aromatic N) is 2. The molecular weight excluding hydrogens is 244 g/mol. The first-order valence-electron chi connectivity index (χ1n) is 6.68. The molecule has 0 saturated heterocycles. The molecule has 108 valence electrons. The number of aryl methyl sites for hydroxylation is 1. The Morgan fingerprint density at radius 1 is 1.16 bits per heavy atom. The van der Waals surface area contributed by atoms with Crippen molar-refractivity contribution in [1.82, 2.24) is 9.97 Å². The summed E-state index contributed by atoms with van der Waals surface area (Å²) in [5, 5.41) is 24.9. The van der Waals surface area contributed by atoms with Crippen LogP contribution in [0.5, 0.6) is 0 Å². The van der Waals surface area contributed by atoms with Crippen LogP contribution in [0.3, 0.4) is 0 Å². The van der Waals surface area contributed by atoms with E-state index in [-0.39, 0.29) is 13.2 Å². The largest absolute Gasteiger partial charge is 0.394 e. The van der Waals surface area contributed by atoms with Crippen LogP contribution in [-0.2, 0) is 6.42 Å². The summed E-state index contributed by atoms with van der Waals surface area (Å²) in [5.74, 6) is 2.09. The molecule has 1 aromatic rings. The fourth-order valence-corrected chi connectivity index (χ4v) is 1.50. The zero-order valence-electron chi connectivity index (χ0n) is 11.9. The molecular formula is C13H24N4O2. The molecule has 0 amide bonds. The van der Waals surface area contributed by atoms with Gasteiger partial charge in [-0.2, -0.15) is 0 Å². The molecule has 1 heterocycles. The van der Waals surface area contributed by atoms with Gasteiger partial charge in [0.15, 0.2) is 0 Å². The number of aliphatic hydroxyl groups is 2. The van der Waals surface area contributed by atoms with E-state index in [2.05, 4.69) is 27.5 Å². The van der Waals surface area contributed by atoms with Crippen molar-refractivity contribution in [1.29, 1.82) is 0 Å². The molecule has 6 heteroatoms. The molecule has 0 spiro atoms. The van der Waals surface area contributed by atoms with E-state index < -0.39 is 5.54 Å². The zero-order valence-corrected chi connectivity index (χ0v) is 11.9. The van der Waals surface area contributed by atoms with Crippen molar-refractivity contribution in [3.63, 3.8) is 0 Å². The third-order valence-corrected chi connectivity index (χ3v) is 2.77. The maximum absolute atomic E-state index is 9.30. The highest BCUT2D eigenvalue weighted by Crippen LogP contribution is 2.16. The topological polar surface area (TPSA) is 90.3 Å². The van der Waals surface area contributed by atoms with Crippen LogP contribution >= 0.6 is 0 Å². The van der Waals surface area contributed by atoms with Gasteiger partial charge in [0.05, 0.1) is 18.8 Å². The lowest BCUT2D eigenvalue weighted by Crippen LogP contribution is -2.42. The van der Waals surface area contributed by atoms with Crippen LogP contribution in [0.2, 0.25) is 0 Å². The second-order valence-corrected chi connectivity index (χ2v) is 4.84. The Balaban J connectivity index is 2.92. The predicted molar refractivity (Wildman–Crippen MR) is 76.4 cm³/mol. The molecule has 0 unspecified atom stereocenters. The Morgan fingerprint density at radius 2 is 1.79 bits per heavy atom. The van der Waals surface area contributed by atoms with Crippen molar-refractivity contribution < 1.29 is 10.2 Å². The van der Waals surface area contributed by atoms with E-state index in [1.807, 2.05) is 6.92 Å². The van der Waals surface area contributed by atoms with Crippen LogP contribution in [0.25, 0.3) is 0 Å². The minimum absolute atomic E-state index is 0.174. The number of anilines is 2. The summed E-state index contributed by atoms with van der Waals surface area (Å²) in [6.45, 7) is 6.30. The lowest BCUT2D eigenvalue weighted by molar-refractivity contribution is 0.147. The molecule has 19 heavy (non-hydrogen) atoms. The molecule has 0 atom stereocenters. The van der Waals surface area contributed by atoms with Gasteiger partial charge in [-0.15, -0.1) is 0 Å². The van der Waals surface area contributed by atoms with Gasteiger partial charge in [0.25, 0.3) is 0 Å².